The van der Waals surface area contributed by atoms with E-state index >= 15 is 0 Å². The number of aryl methyl sites for hydroxylation is 1. The molecule has 0 radical (unpaired) electrons. The monoisotopic (exact) mass is 584 g/mol. The number of rotatable bonds is 7. The van der Waals surface area contributed by atoms with Gasteiger partial charge in [0.05, 0.1) is 30.0 Å². The van der Waals surface area contributed by atoms with E-state index in [1.54, 1.807) is 19.2 Å². The minimum Gasteiger partial charge on any atom is -0.437 e. The Morgan fingerprint density at radius 3 is 2.45 bits per heavy atom. The van der Waals surface area contributed by atoms with Gasteiger partial charge in [0, 0.05) is 32.7 Å². The number of hydrogen-bond acceptors (Lipinski definition) is 8. The zero-order valence-electron chi connectivity index (χ0n) is 23.2. The minimum absolute atomic E-state index is 0.0151. The first-order valence-electron chi connectivity index (χ1n) is 12.7. The molecule has 1 aliphatic rings. The van der Waals surface area contributed by atoms with E-state index in [1.165, 1.54) is 52.5 Å². The molecule has 2 aromatic carbocycles. The molecule has 0 aliphatic carbocycles. The molecule has 0 fully saturated rings. The second-order valence-electron chi connectivity index (χ2n) is 9.50. The van der Waals surface area contributed by atoms with Crippen LogP contribution < -0.4 is 10.6 Å². The highest BCUT2D eigenvalue weighted by atomic mass is 19.4. The number of hydrogen-bond donors (Lipinski definition) is 0. The first-order chi connectivity index (χ1) is 19.9. The number of halogens is 3. The third-order valence-corrected chi connectivity index (χ3v) is 6.80. The summed E-state index contributed by atoms with van der Waals surface area (Å²) in [6, 6.07) is 11.6. The fourth-order valence-electron chi connectivity index (χ4n) is 4.56. The molecule has 14 heteroatoms. The number of anilines is 2. The maximum Gasteiger partial charge on any atom is 0.513 e. The van der Waals surface area contributed by atoms with Crippen molar-refractivity contribution in [2.24, 2.45) is 0 Å². The van der Waals surface area contributed by atoms with Gasteiger partial charge in [-0.3, -0.25) is 9.69 Å². The van der Waals surface area contributed by atoms with Crippen LogP contribution in [0.3, 0.4) is 0 Å². The maximum absolute atomic E-state index is 13.9. The Labute approximate surface area is 238 Å². The van der Waals surface area contributed by atoms with Crippen LogP contribution in [-0.4, -0.2) is 52.0 Å². The van der Waals surface area contributed by atoms with Crippen molar-refractivity contribution in [1.82, 2.24) is 19.2 Å². The van der Waals surface area contributed by atoms with Crippen molar-refractivity contribution in [3.8, 4) is 6.07 Å². The van der Waals surface area contributed by atoms with E-state index < -0.39 is 29.6 Å². The summed E-state index contributed by atoms with van der Waals surface area (Å²) < 4.78 is 53.6. The van der Waals surface area contributed by atoms with Crippen LogP contribution in [-0.2, 0) is 27.0 Å². The number of nitrogens with zero attached hydrogens (tertiary/aromatic N) is 6. The summed E-state index contributed by atoms with van der Waals surface area (Å²) in [5, 5.41) is 13.7. The number of methoxy groups -OCH3 is 1. The van der Waals surface area contributed by atoms with Crippen LogP contribution in [0.5, 0.6) is 0 Å². The van der Waals surface area contributed by atoms with Crippen LogP contribution in [0.4, 0.5) is 29.6 Å². The molecular formula is C28H27F3N6O5. The van der Waals surface area contributed by atoms with Crippen LogP contribution in [0, 0.1) is 11.3 Å². The van der Waals surface area contributed by atoms with E-state index in [9.17, 15) is 32.8 Å². The number of amides is 1. The van der Waals surface area contributed by atoms with E-state index in [-0.39, 0.29) is 35.5 Å². The topological polar surface area (TPSA) is 123 Å². The first kappa shape index (κ1) is 29.9. The summed E-state index contributed by atoms with van der Waals surface area (Å²) in [7, 11) is 2.71. The molecule has 0 N–H and O–H groups in total. The number of alkyl halides is 3. The lowest BCUT2D eigenvalue weighted by Gasteiger charge is -2.35. The van der Waals surface area contributed by atoms with Gasteiger partial charge in [-0.15, -0.1) is 5.10 Å². The number of fused-ring (bicyclic) bond motifs is 1. The summed E-state index contributed by atoms with van der Waals surface area (Å²) in [5.41, 5.74) is -0.598. The molecule has 1 aliphatic heterocycles. The third-order valence-electron chi connectivity index (χ3n) is 6.80. The number of nitriles is 1. The van der Waals surface area contributed by atoms with E-state index in [1.807, 2.05) is 6.07 Å². The number of carbonyl (C=O) groups is 2. The molecule has 4 rings (SSSR count). The molecule has 42 heavy (non-hydrogen) atoms. The molecule has 0 saturated carbocycles. The summed E-state index contributed by atoms with van der Waals surface area (Å²) >= 11 is 0. The van der Waals surface area contributed by atoms with Crippen LogP contribution in [0.15, 0.2) is 64.8 Å². The molecule has 11 nitrogen and oxygen atoms in total. The van der Waals surface area contributed by atoms with Crippen LogP contribution in [0.1, 0.15) is 43.0 Å². The molecule has 1 amide bonds. The average molecular weight is 585 g/mol. The van der Waals surface area contributed by atoms with Gasteiger partial charge in [0.15, 0.2) is 5.76 Å². The lowest BCUT2D eigenvalue weighted by atomic mass is 10.00. The Hall–Kier alpha value is -5.06. The molecule has 3 aromatic rings. The van der Waals surface area contributed by atoms with Gasteiger partial charge in [0.2, 0.25) is 11.9 Å². The Morgan fingerprint density at radius 2 is 1.86 bits per heavy atom. The predicted molar refractivity (Wildman–Crippen MR) is 143 cm³/mol. The Balaban J connectivity index is 1.95. The second kappa shape index (κ2) is 11.8. The zero-order valence-corrected chi connectivity index (χ0v) is 23.2. The van der Waals surface area contributed by atoms with Gasteiger partial charge in [-0.1, -0.05) is 18.2 Å². The number of benzene rings is 2. The predicted octanol–water partition coefficient (Wildman–Crippen LogP) is 4.56. The Kier molecular flexibility index (Phi) is 8.41. The van der Waals surface area contributed by atoms with Crippen LogP contribution in [0.2, 0.25) is 0 Å². The number of allylic oxidation sites excluding steroid dienone is 2. The maximum atomic E-state index is 13.9. The zero-order chi connectivity index (χ0) is 30.8. The van der Waals surface area contributed by atoms with Gasteiger partial charge in [-0.2, -0.15) is 18.4 Å². The largest absolute Gasteiger partial charge is 0.513 e. The smallest absolute Gasteiger partial charge is 0.437 e. The molecule has 1 unspecified atom stereocenters. The molecule has 0 bridgehead atoms. The van der Waals surface area contributed by atoms with Gasteiger partial charge >= 0.3 is 18.0 Å². The highest BCUT2D eigenvalue weighted by Crippen LogP contribution is 2.43. The lowest BCUT2D eigenvalue weighted by molar-refractivity contribution is -0.137. The van der Waals surface area contributed by atoms with E-state index in [0.717, 1.165) is 23.9 Å². The fourth-order valence-corrected chi connectivity index (χ4v) is 4.56. The molecule has 220 valence electrons. The highest BCUT2D eigenvalue weighted by Gasteiger charge is 2.40. The summed E-state index contributed by atoms with van der Waals surface area (Å²) in [6.07, 6.45) is -5.40. The second-order valence-corrected chi connectivity index (χ2v) is 9.50. The number of ether oxygens (including phenoxy) is 2. The normalized spacial score (nSPS) is 14.7. The summed E-state index contributed by atoms with van der Waals surface area (Å²) in [6.45, 7) is 3.34. The summed E-state index contributed by atoms with van der Waals surface area (Å²) in [4.78, 5) is 40.6. The lowest BCUT2D eigenvalue weighted by Crippen LogP contribution is -2.37. The molecule has 0 saturated heterocycles. The summed E-state index contributed by atoms with van der Waals surface area (Å²) in [5.74, 6) is -0.273. The quantitative estimate of drug-likeness (QED) is 0.371. The minimum atomic E-state index is -4.65. The van der Waals surface area contributed by atoms with Gasteiger partial charge in [-0.25, -0.2) is 18.8 Å². The van der Waals surface area contributed by atoms with Crippen molar-refractivity contribution in [3.63, 3.8) is 0 Å². The van der Waals surface area contributed by atoms with Gasteiger partial charge < -0.3 is 14.4 Å². The number of aromatic nitrogens is 3. The van der Waals surface area contributed by atoms with Crippen molar-refractivity contribution in [1.29, 1.82) is 5.26 Å². The van der Waals surface area contributed by atoms with Gasteiger partial charge in [-0.05, 0) is 49.2 Å². The fraction of sp³-hybridized carbons (Fsp3) is 0.321. The molecule has 2 heterocycles. The van der Waals surface area contributed by atoms with Gasteiger partial charge in [0.25, 0.3) is 0 Å². The average Bonchev–Trinajstić information content (AvgIpc) is 3.27. The molecular weight excluding hydrogens is 557 g/mol. The highest BCUT2D eigenvalue weighted by molar-refractivity contribution is 5.72. The third kappa shape index (κ3) is 5.85. The first-order valence-corrected chi connectivity index (χ1v) is 12.7. The van der Waals surface area contributed by atoms with Crippen LogP contribution >= 0.6 is 0 Å². The Bertz CT molecular complexity index is 1640. The van der Waals surface area contributed by atoms with Crippen molar-refractivity contribution in [3.05, 3.63) is 87.2 Å². The molecule has 0 spiro atoms. The van der Waals surface area contributed by atoms with Crippen LogP contribution in [0.25, 0.3) is 0 Å². The van der Waals surface area contributed by atoms with Gasteiger partial charge in [0.1, 0.15) is 6.04 Å². The number of carbonyl (C=O) groups excluding carboxylic acids is 2. The SMILES string of the molecule is COC(=O)OC1=C(C)N(c2cccc(C(F)(F)F)c2)c2nn(CCCN(C)C(C)=O)c(=O)n2C1c1ccc(C#N)cc1. The van der Waals surface area contributed by atoms with Crippen molar-refractivity contribution >= 4 is 23.7 Å². The molecule has 1 atom stereocenters. The van der Waals surface area contributed by atoms with E-state index in [0.29, 0.717) is 24.1 Å². The van der Waals surface area contributed by atoms with E-state index in [2.05, 4.69) is 5.10 Å². The van der Waals surface area contributed by atoms with E-state index in [4.69, 9.17) is 9.47 Å². The standard InChI is InChI=1S/C28H27F3N6O5/c1-17-24(42-27(40)41-4)23(20-11-9-19(16-32)10-12-20)37-25(33-35(26(37)39)14-6-13-34(3)18(2)38)36(17)22-8-5-7-21(15-22)28(29,30)31/h5,7-12,15,23H,6,13-14H2,1-4H3. The van der Waals surface area contributed by atoms with Crippen molar-refractivity contribution in [2.75, 3.05) is 25.6 Å². The molecule has 1 aromatic heterocycles. The van der Waals surface area contributed by atoms with Crippen molar-refractivity contribution in [2.45, 2.75) is 39.0 Å². The Morgan fingerprint density at radius 1 is 1.17 bits per heavy atom. The van der Waals surface area contributed by atoms with Crippen molar-refractivity contribution < 1.29 is 32.2 Å².